The highest BCUT2D eigenvalue weighted by Gasteiger charge is 2.58. The summed E-state index contributed by atoms with van der Waals surface area (Å²) in [6.45, 7) is -0.189. The first-order valence-corrected chi connectivity index (χ1v) is 12.5. The second-order valence-corrected chi connectivity index (χ2v) is 10.6. The molecule has 0 spiro atoms. The number of rotatable bonds is 6. The van der Waals surface area contributed by atoms with E-state index in [4.69, 9.17) is 0 Å². The monoisotopic (exact) mass is 539 g/mol. The maximum absolute atomic E-state index is 14.3. The second-order valence-electron chi connectivity index (χ2n) is 8.79. The van der Waals surface area contributed by atoms with Crippen LogP contribution >= 0.6 is 0 Å². The topological polar surface area (TPSA) is 105 Å². The van der Waals surface area contributed by atoms with Crippen molar-refractivity contribution in [2.75, 3.05) is 0 Å². The molecule has 1 saturated carbocycles. The third kappa shape index (κ3) is 4.66. The van der Waals surface area contributed by atoms with E-state index >= 15 is 0 Å². The van der Waals surface area contributed by atoms with Crippen LogP contribution in [0.4, 0.5) is 22.0 Å². The van der Waals surface area contributed by atoms with E-state index in [-0.39, 0.29) is 40.2 Å². The Morgan fingerprint density at radius 3 is 2.30 bits per heavy atom. The summed E-state index contributed by atoms with van der Waals surface area (Å²) in [5.74, 6) is -3.53. The van der Waals surface area contributed by atoms with Crippen LogP contribution in [-0.2, 0) is 27.5 Å². The Labute approximate surface area is 207 Å². The van der Waals surface area contributed by atoms with Crippen LogP contribution in [-0.4, -0.2) is 45.7 Å². The van der Waals surface area contributed by atoms with E-state index in [1.807, 2.05) is 0 Å². The van der Waals surface area contributed by atoms with Gasteiger partial charge in [0.1, 0.15) is 17.7 Å². The fourth-order valence-corrected chi connectivity index (χ4v) is 6.48. The Morgan fingerprint density at radius 1 is 1.03 bits per heavy atom. The van der Waals surface area contributed by atoms with Crippen LogP contribution in [0.15, 0.2) is 53.8 Å². The average molecular weight is 539 g/mol. The third-order valence-electron chi connectivity index (χ3n) is 6.46. The van der Waals surface area contributed by atoms with Gasteiger partial charge in [-0.25, -0.2) is 27.2 Å². The van der Waals surface area contributed by atoms with Crippen LogP contribution in [0.25, 0.3) is 11.1 Å². The lowest BCUT2D eigenvalue weighted by Crippen LogP contribution is -2.46. The molecule has 2 saturated heterocycles. The van der Waals surface area contributed by atoms with Crippen molar-refractivity contribution in [2.45, 2.75) is 42.5 Å². The molecule has 14 heteroatoms. The molecule has 2 aliphatic heterocycles. The van der Waals surface area contributed by atoms with E-state index in [9.17, 15) is 35.2 Å². The van der Waals surface area contributed by atoms with Crippen LogP contribution in [0.2, 0.25) is 0 Å². The number of hydrogen-bond donors (Lipinski definition) is 1. The number of alkyl halides is 3. The largest absolute Gasteiger partial charge is 0.451 e. The molecule has 1 aliphatic carbocycles. The first kappa shape index (κ1) is 25.1. The second kappa shape index (κ2) is 9.10. The number of halogens is 5. The van der Waals surface area contributed by atoms with Crippen molar-refractivity contribution in [1.82, 2.24) is 24.6 Å². The minimum absolute atomic E-state index is 0.0198. The van der Waals surface area contributed by atoms with Gasteiger partial charge in [-0.05, 0) is 49.1 Å². The fraction of sp³-hybridized carbons (Fsp3) is 0.304. The van der Waals surface area contributed by atoms with Gasteiger partial charge < -0.3 is 5.32 Å². The molecule has 0 radical (unpaired) electrons. The van der Waals surface area contributed by atoms with Gasteiger partial charge in [-0.2, -0.15) is 17.5 Å². The summed E-state index contributed by atoms with van der Waals surface area (Å²) < 4.78 is 93.3. The van der Waals surface area contributed by atoms with Gasteiger partial charge in [0.15, 0.2) is 0 Å². The van der Waals surface area contributed by atoms with Crippen LogP contribution in [0.5, 0.6) is 0 Å². The van der Waals surface area contributed by atoms with E-state index < -0.39 is 45.6 Å². The maximum atomic E-state index is 14.3. The molecule has 37 heavy (non-hydrogen) atoms. The molecule has 6 rings (SSSR count). The van der Waals surface area contributed by atoms with Crippen molar-refractivity contribution in [1.29, 1.82) is 0 Å². The van der Waals surface area contributed by atoms with Crippen molar-refractivity contribution in [2.24, 2.45) is 5.92 Å². The standard InChI is InChI=1S/C23H18F5N5O3S/c24-14-1-3-17(4-2-14)37(35,36)33-16-5-12(6-16)20(33)21(34)30-10-15-7-18(19(25)11-29-15)13-8-31-22(32-9-13)23(26,27)28/h1-4,7-9,11-12,16,20H,5-6,10H2,(H,30,34)/t12?,16?,20-/m0/s1. The van der Waals surface area contributed by atoms with Gasteiger partial charge in [-0.15, -0.1) is 0 Å². The molecular weight excluding hydrogens is 521 g/mol. The molecule has 1 N–H and O–H groups in total. The average Bonchev–Trinajstić information content (AvgIpc) is 3.41. The maximum Gasteiger partial charge on any atom is 0.451 e. The van der Waals surface area contributed by atoms with Crippen LogP contribution in [0.3, 0.4) is 0 Å². The molecule has 3 aliphatic rings. The molecule has 4 heterocycles. The smallest absolute Gasteiger partial charge is 0.349 e. The first-order valence-electron chi connectivity index (χ1n) is 11.1. The highest BCUT2D eigenvalue weighted by Crippen LogP contribution is 2.48. The fourth-order valence-electron chi connectivity index (χ4n) is 4.63. The summed E-state index contributed by atoms with van der Waals surface area (Å²) in [5.41, 5.74) is 0.0493. The molecule has 2 bridgehead atoms. The van der Waals surface area contributed by atoms with E-state index in [1.54, 1.807) is 0 Å². The number of carbonyl (C=O) groups excluding carboxylic acids is 1. The van der Waals surface area contributed by atoms with Gasteiger partial charge >= 0.3 is 6.18 Å². The Kier molecular flexibility index (Phi) is 6.18. The van der Waals surface area contributed by atoms with Gasteiger partial charge in [-0.3, -0.25) is 9.78 Å². The van der Waals surface area contributed by atoms with Crippen LogP contribution in [0.1, 0.15) is 24.4 Å². The van der Waals surface area contributed by atoms with Crippen LogP contribution < -0.4 is 5.32 Å². The Hall–Kier alpha value is -3.52. The van der Waals surface area contributed by atoms with Gasteiger partial charge in [0.2, 0.25) is 21.8 Å². The van der Waals surface area contributed by atoms with Crippen molar-refractivity contribution < 1.29 is 35.2 Å². The number of amides is 1. The molecule has 3 aromatic rings. The molecule has 1 amide bonds. The molecule has 2 aromatic heterocycles. The van der Waals surface area contributed by atoms with Crippen molar-refractivity contribution >= 4 is 15.9 Å². The summed E-state index contributed by atoms with van der Waals surface area (Å²) in [5, 5.41) is 2.62. The first-order chi connectivity index (χ1) is 17.4. The number of fused-ring (bicyclic) bond motifs is 1. The van der Waals surface area contributed by atoms with E-state index in [0.717, 1.165) is 47.2 Å². The molecule has 8 nitrogen and oxygen atoms in total. The van der Waals surface area contributed by atoms with E-state index in [0.29, 0.717) is 12.8 Å². The van der Waals surface area contributed by atoms with Gasteiger partial charge in [0.25, 0.3) is 0 Å². The lowest BCUT2D eigenvalue weighted by Gasteiger charge is -2.25. The molecule has 1 aromatic carbocycles. The Balaban J connectivity index is 1.32. The zero-order valence-corrected chi connectivity index (χ0v) is 19.6. The summed E-state index contributed by atoms with van der Waals surface area (Å²) >= 11 is 0. The van der Waals surface area contributed by atoms with Gasteiger partial charge in [0, 0.05) is 29.6 Å². The number of pyridine rings is 1. The lowest BCUT2D eigenvalue weighted by atomic mass is 9.83. The normalized spacial score (nSPS) is 21.5. The minimum atomic E-state index is -4.75. The summed E-state index contributed by atoms with van der Waals surface area (Å²) in [6, 6.07) is 4.27. The number of carbonyl (C=O) groups is 1. The van der Waals surface area contributed by atoms with Crippen molar-refractivity contribution in [3.05, 3.63) is 72.1 Å². The quantitative estimate of drug-likeness (QED) is 0.482. The van der Waals surface area contributed by atoms with E-state index in [2.05, 4.69) is 20.3 Å². The number of benzene rings is 1. The SMILES string of the molecule is O=C(NCc1cc(-c2cnc(C(F)(F)F)nc2)c(F)cn1)[C@@H]1C2CC(C2)N1S(=O)(=O)c1ccc(F)cc1. The van der Waals surface area contributed by atoms with Crippen molar-refractivity contribution in [3.63, 3.8) is 0 Å². The van der Waals surface area contributed by atoms with Gasteiger partial charge in [-0.1, -0.05) is 0 Å². The summed E-state index contributed by atoms with van der Waals surface area (Å²) in [7, 11) is -4.06. The summed E-state index contributed by atoms with van der Waals surface area (Å²) in [6.07, 6.45) is -1.19. The highest BCUT2D eigenvalue weighted by molar-refractivity contribution is 7.89. The number of sulfonamides is 1. The van der Waals surface area contributed by atoms with Crippen molar-refractivity contribution in [3.8, 4) is 11.1 Å². The molecule has 194 valence electrons. The number of nitrogens with one attached hydrogen (secondary N) is 1. The molecule has 3 fully saturated rings. The lowest BCUT2D eigenvalue weighted by molar-refractivity contribution is -0.145. The zero-order chi connectivity index (χ0) is 26.5. The molecule has 1 atom stereocenters. The van der Waals surface area contributed by atoms with Crippen LogP contribution in [0, 0.1) is 17.6 Å². The third-order valence-corrected chi connectivity index (χ3v) is 8.41. The highest BCUT2D eigenvalue weighted by atomic mass is 32.2. The van der Waals surface area contributed by atoms with E-state index in [1.165, 1.54) is 6.07 Å². The number of nitrogens with zero attached hydrogens (tertiary/aromatic N) is 4. The predicted octanol–water partition coefficient (Wildman–Crippen LogP) is 3.30. The van der Waals surface area contributed by atoms with Gasteiger partial charge in [0.05, 0.1) is 23.3 Å². The molecule has 0 unspecified atom stereocenters. The predicted molar refractivity (Wildman–Crippen MR) is 118 cm³/mol. The number of hydrogen-bond acceptors (Lipinski definition) is 6. The minimum Gasteiger partial charge on any atom is -0.349 e. The zero-order valence-electron chi connectivity index (χ0n) is 18.8. The Morgan fingerprint density at radius 2 is 1.68 bits per heavy atom. The molecular formula is C23H18F5N5O3S. The summed E-state index contributed by atoms with van der Waals surface area (Å²) in [4.78, 5) is 23.3. The Bertz CT molecular complexity index is 1440. The number of aromatic nitrogens is 3.